The number of fused-ring (bicyclic) bond motifs is 1. The fourth-order valence-electron chi connectivity index (χ4n) is 4.59. The van der Waals surface area contributed by atoms with Crippen LogP contribution in [0.4, 0.5) is 17.2 Å². The van der Waals surface area contributed by atoms with Crippen LogP contribution in [0.15, 0.2) is 79.1 Å². The number of benzene rings is 3. The first-order valence-corrected chi connectivity index (χ1v) is 12.8. The Morgan fingerprint density at radius 2 is 1.68 bits per heavy atom. The summed E-state index contributed by atoms with van der Waals surface area (Å²) in [5.41, 5.74) is 3.37. The van der Waals surface area contributed by atoms with E-state index in [2.05, 4.69) is 42.5 Å². The van der Waals surface area contributed by atoms with Gasteiger partial charge in [0.05, 0.1) is 23.4 Å². The average molecular weight is 497 g/mol. The number of aromatic nitrogens is 2. The highest BCUT2D eigenvalue weighted by Crippen LogP contribution is 2.25. The molecule has 2 N–H and O–H groups in total. The molecule has 8 heteroatoms. The molecule has 37 heavy (non-hydrogen) atoms. The highest BCUT2D eigenvalue weighted by atomic mass is 16.5. The Hall–Kier alpha value is -4.17. The van der Waals surface area contributed by atoms with Crippen molar-refractivity contribution in [2.24, 2.45) is 0 Å². The van der Waals surface area contributed by atoms with Gasteiger partial charge >= 0.3 is 0 Å². The van der Waals surface area contributed by atoms with Crippen molar-refractivity contribution in [3.05, 3.63) is 84.7 Å². The quantitative estimate of drug-likeness (QED) is 0.357. The Morgan fingerprint density at radius 1 is 0.919 bits per heavy atom. The third-order valence-electron chi connectivity index (χ3n) is 6.57. The number of anilines is 3. The zero-order valence-corrected chi connectivity index (χ0v) is 21.1. The molecule has 1 amide bonds. The molecule has 5 rings (SSSR count). The summed E-state index contributed by atoms with van der Waals surface area (Å²) in [6, 6.07) is 23.6. The van der Waals surface area contributed by atoms with Crippen molar-refractivity contribution < 1.29 is 9.53 Å². The lowest BCUT2D eigenvalue weighted by atomic mass is 10.1. The predicted molar refractivity (Wildman–Crippen MR) is 148 cm³/mol. The van der Waals surface area contributed by atoms with Crippen LogP contribution in [0.25, 0.3) is 10.9 Å². The van der Waals surface area contributed by atoms with Crippen molar-refractivity contribution in [1.29, 1.82) is 0 Å². The van der Waals surface area contributed by atoms with Gasteiger partial charge in [-0.2, -0.15) is 0 Å². The minimum Gasteiger partial charge on any atom is -0.494 e. The number of rotatable bonds is 9. The first-order chi connectivity index (χ1) is 18.2. The number of hydrogen-bond donors (Lipinski definition) is 2. The molecular formula is C29H32N6O2. The lowest BCUT2D eigenvalue weighted by molar-refractivity contribution is 0.0948. The molecule has 8 nitrogen and oxygen atoms in total. The van der Waals surface area contributed by atoms with Crippen LogP contribution in [0.3, 0.4) is 0 Å². The maximum Gasteiger partial charge on any atom is 0.253 e. The molecule has 0 bridgehead atoms. The van der Waals surface area contributed by atoms with Gasteiger partial charge in [-0.3, -0.25) is 9.69 Å². The summed E-state index contributed by atoms with van der Waals surface area (Å²) in [5, 5.41) is 7.33. The Bertz CT molecular complexity index is 1330. The standard InChI is InChI=1S/C29H32N6O2/c1-2-37-23-13-11-22(12-14-23)35-19-17-34(18-20-35)16-15-30-29(36)25-8-4-6-10-27(25)33-28-24-7-3-5-9-26(24)31-21-32-28/h3-14,21H,2,15-20H2,1H3,(H,30,36)(H,31,32,33). The Morgan fingerprint density at radius 3 is 2.49 bits per heavy atom. The summed E-state index contributed by atoms with van der Waals surface area (Å²) in [4.78, 5) is 26.5. The lowest BCUT2D eigenvalue weighted by Crippen LogP contribution is -2.48. The van der Waals surface area contributed by atoms with Crippen LogP contribution < -0.4 is 20.3 Å². The van der Waals surface area contributed by atoms with Gasteiger partial charge in [-0.25, -0.2) is 9.97 Å². The molecule has 1 aliphatic rings. The molecule has 4 aromatic rings. The van der Waals surface area contributed by atoms with Crippen molar-refractivity contribution in [2.45, 2.75) is 6.92 Å². The van der Waals surface area contributed by atoms with Gasteiger partial charge in [0.2, 0.25) is 0 Å². The molecule has 0 radical (unpaired) electrons. The van der Waals surface area contributed by atoms with Crippen molar-refractivity contribution >= 4 is 34.0 Å². The summed E-state index contributed by atoms with van der Waals surface area (Å²) in [6.45, 7) is 7.91. The van der Waals surface area contributed by atoms with Crippen LogP contribution in [-0.2, 0) is 0 Å². The number of nitrogens with zero attached hydrogens (tertiary/aromatic N) is 4. The molecular weight excluding hydrogens is 464 g/mol. The number of carbonyl (C=O) groups is 1. The minimum absolute atomic E-state index is 0.102. The second-order valence-electron chi connectivity index (χ2n) is 8.92. The SMILES string of the molecule is CCOc1ccc(N2CCN(CCNC(=O)c3ccccc3Nc3ncnc4ccccc34)CC2)cc1. The summed E-state index contributed by atoms with van der Waals surface area (Å²) in [7, 11) is 0. The second-order valence-corrected chi connectivity index (χ2v) is 8.92. The van der Waals surface area contributed by atoms with Crippen LogP contribution in [0.5, 0.6) is 5.75 Å². The van der Waals surface area contributed by atoms with Crippen LogP contribution in [-0.4, -0.2) is 66.7 Å². The van der Waals surface area contributed by atoms with E-state index in [9.17, 15) is 4.79 Å². The van der Waals surface area contributed by atoms with Gasteiger partial charge in [0.15, 0.2) is 0 Å². The van der Waals surface area contributed by atoms with E-state index in [1.807, 2.05) is 67.6 Å². The smallest absolute Gasteiger partial charge is 0.253 e. The fourth-order valence-corrected chi connectivity index (χ4v) is 4.59. The van der Waals surface area contributed by atoms with Crippen LogP contribution in [0, 0.1) is 0 Å². The molecule has 0 saturated carbocycles. The number of para-hydroxylation sites is 2. The van der Waals surface area contributed by atoms with Gasteiger partial charge in [-0.1, -0.05) is 24.3 Å². The van der Waals surface area contributed by atoms with Gasteiger partial charge < -0.3 is 20.3 Å². The lowest BCUT2D eigenvalue weighted by Gasteiger charge is -2.36. The van der Waals surface area contributed by atoms with Crippen LogP contribution in [0.1, 0.15) is 17.3 Å². The van der Waals surface area contributed by atoms with Crippen molar-refractivity contribution in [1.82, 2.24) is 20.2 Å². The maximum atomic E-state index is 13.1. The van der Waals surface area contributed by atoms with E-state index in [-0.39, 0.29) is 5.91 Å². The molecule has 0 unspecified atom stereocenters. The molecule has 1 aliphatic heterocycles. The zero-order valence-electron chi connectivity index (χ0n) is 21.1. The molecule has 0 spiro atoms. The third kappa shape index (κ3) is 5.98. The minimum atomic E-state index is -0.102. The summed E-state index contributed by atoms with van der Waals surface area (Å²) in [6.07, 6.45) is 1.53. The number of piperazine rings is 1. The molecule has 1 saturated heterocycles. The zero-order chi connectivity index (χ0) is 25.5. The van der Waals surface area contributed by atoms with Gasteiger partial charge in [-0.05, 0) is 55.5 Å². The van der Waals surface area contributed by atoms with E-state index in [1.54, 1.807) is 0 Å². The average Bonchev–Trinajstić information content (AvgIpc) is 2.94. The van der Waals surface area contributed by atoms with E-state index < -0.39 is 0 Å². The molecule has 1 aromatic heterocycles. The molecule has 0 atom stereocenters. The molecule has 0 aliphatic carbocycles. The van der Waals surface area contributed by atoms with Gasteiger partial charge in [0.25, 0.3) is 5.91 Å². The number of nitrogens with one attached hydrogen (secondary N) is 2. The molecule has 3 aromatic carbocycles. The normalized spacial score (nSPS) is 13.9. The van der Waals surface area contributed by atoms with E-state index >= 15 is 0 Å². The maximum absolute atomic E-state index is 13.1. The second kappa shape index (κ2) is 11.7. The summed E-state index contributed by atoms with van der Waals surface area (Å²) < 4.78 is 5.54. The Kier molecular flexibility index (Phi) is 7.76. The Labute approximate surface area is 217 Å². The Balaban J connectivity index is 1.13. The van der Waals surface area contributed by atoms with Gasteiger partial charge in [0, 0.05) is 50.3 Å². The highest BCUT2D eigenvalue weighted by Gasteiger charge is 2.18. The van der Waals surface area contributed by atoms with Crippen molar-refractivity contribution in [2.75, 3.05) is 56.1 Å². The fraction of sp³-hybridized carbons (Fsp3) is 0.276. The predicted octanol–water partition coefficient (Wildman–Crippen LogP) is 4.32. The number of carbonyl (C=O) groups excluding carboxylic acids is 1. The largest absolute Gasteiger partial charge is 0.494 e. The number of hydrogen-bond acceptors (Lipinski definition) is 7. The molecule has 2 heterocycles. The first-order valence-electron chi connectivity index (χ1n) is 12.8. The van der Waals surface area contributed by atoms with Crippen LogP contribution in [0.2, 0.25) is 0 Å². The molecule has 1 fully saturated rings. The summed E-state index contributed by atoms with van der Waals surface area (Å²) in [5.74, 6) is 1.48. The molecule has 190 valence electrons. The van der Waals surface area contributed by atoms with E-state index in [4.69, 9.17) is 4.74 Å². The van der Waals surface area contributed by atoms with E-state index in [1.165, 1.54) is 12.0 Å². The topological polar surface area (TPSA) is 82.6 Å². The highest BCUT2D eigenvalue weighted by molar-refractivity contribution is 6.01. The van der Waals surface area contributed by atoms with Gasteiger partial charge in [-0.15, -0.1) is 0 Å². The number of amides is 1. The van der Waals surface area contributed by atoms with Crippen molar-refractivity contribution in [3.8, 4) is 5.75 Å². The first kappa shape index (κ1) is 24.5. The third-order valence-corrected chi connectivity index (χ3v) is 6.57. The van der Waals surface area contributed by atoms with Crippen LogP contribution >= 0.6 is 0 Å². The summed E-state index contributed by atoms with van der Waals surface area (Å²) >= 11 is 0. The van der Waals surface area contributed by atoms with Gasteiger partial charge in [0.1, 0.15) is 17.9 Å². The number of ether oxygens (including phenoxy) is 1. The van der Waals surface area contributed by atoms with E-state index in [0.29, 0.717) is 30.2 Å². The monoisotopic (exact) mass is 496 g/mol. The van der Waals surface area contributed by atoms with Crippen molar-refractivity contribution in [3.63, 3.8) is 0 Å². The van der Waals surface area contributed by atoms with E-state index in [0.717, 1.165) is 49.4 Å².